The summed E-state index contributed by atoms with van der Waals surface area (Å²) in [4.78, 5) is 5.49. The summed E-state index contributed by atoms with van der Waals surface area (Å²) in [6, 6.07) is 28.3. The lowest BCUT2D eigenvalue weighted by atomic mass is 9.64. The van der Waals surface area contributed by atoms with Crippen molar-refractivity contribution in [3.05, 3.63) is 227 Å². The maximum atomic E-state index is 4.11. The first-order valence-electron chi connectivity index (χ1n) is 26.0. The summed E-state index contributed by atoms with van der Waals surface area (Å²) in [7, 11) is 0. The molecule has 4 aliphatic carbocycles. The van der Waals surface area contributed by atoms with Gasteiger partial charge < -0.3 is 9.80 Å². The van der Waals surface area contributed by atoms with E-state index in [4.69, 9.17) is 0 Å². The number of unbranched alkanes of at least 4 members (excludes halogenated alkanes) is 1. The molecule has 0 amide bonds. The second-order valence-corrected chi connectivity index (χ2v) is 19.9. The van der Waals surface area contributed by atoms with Gasteiger partial charge in [-0.05, 0) is 165 Å². The molecule has 0 aromatic heterocycles. The van der Waals surface area contributed by atoms with Gasteiger partial charge in [0.05, 0.1) is 6.04 Å². The van der Waals surface area contributed by atoms with E-state index in [0.717, 1.165) is 70.6 Å². The predicted molar refractivity (Wildman–Crippen MR) is 290 cm³/mol. The third kappa shape index (κ3) is 9.26. The van der Waals surface area contributed by atoms with Crippen molar-refractivity contribution < 1.29 is 0 Å². The molecule has 0 fully saturated rings. The summed E-state index contributed by atoms with van der Waals surface area (Å²) in [6.45, 7) is 15.9. The summed E-state index contributed by atoms with van der Waals surface area (Å²) < 4.78 is 0. The number of anilines is 2. The molecule has 9 rings (SSSR count). The Kier molecular flexibility index (Phi) is 14.5. The summed E-state index contributed by atoms with van der Waals surface area (Å²) in [5, 5.41) is 0. The number of benzene rings is 3. The average molecular weight is 883 g/mol. The Morgan fingerprint density at radius 1 is 0.866 bits per heavy atom. The zero-order chi connectivity index (χ0) is 46.3. The normalized spacial score (nSPS) is 24.0. The van der Waals surface area contributed by atoms with Crippen LogP contribution in [0.2, 0.25) is 0 Å². The number of hydrogen-bond acceptors (Lipinski definition) is 2. The largest absolute Gasteiger partial charge is 0.337 e. The Labute approximate surface area is 404 Å². The number of nitrogens with zero attached hydrogens (tertiary/aromatic N) is 2. The molecule has 344 valence electrons. The van der Waals surface area contributed by atoms with Crippen LogP contribution in [0.1, 0.15) is 140 Å². The van der Waals surface area contributed by atoms with Crippen molar-refractivity contribution in [2.75, 3.05) is 9.80 Å². The molecule has 0 spiro atoms. The van der Waals surface area contributed by atoms with Gasteiger partial charge in [-0.1, -0.05) is 180 Å². The molecule has 5 atom stereocenters. The highest BCUT2D eigenvalue weighted by Crippen LogP contribution is 2.56. The van der Waals surface area contributed by atoms with E-state index in [1.54, 1.807) is 22.4 Å². The van der Waals surface area contributed by atoms with Crippen molar-refractivity contribution in [3.63, 3.8) is 0 Å². The minimum absolute atomic E-state index is 0.0769. The first-order chi connectivity index (χ1) is 32.9. The van der Waals surface area contributed by atoms with Gasteiger partial charge in [-0.15, -0.1) is 0 Å². The van der Waals surface area contributed by atoms with E-state index in [2.05, 4.69) is 209 Å². The third-order valence-electron chi connectivity index (χ3n) is 15.8. The number of fused-ring (bicyclic) bond motifs is 6. The number of aryl methyl sites for hydroxylation is 1. The molecule has 6 aliphatic rings. The molecule has 0 radical (unpaired) electrons. The van der Waals surface area contributed by atoms with Gasteiger partial charge in [0.2, 0.25) is 0 Å². The molecule has 3 aromatic rings. The number of rotatable bonds is 15. The minimum Gasteiger partial charge on any atom is -0.337 e. The van der Waals surface area contributed by atoms with Gasteiger partial charge in [0.15, 0.2) is 0 Å². The fourth-order valence-corrected chi connectivity index (χ4v) is 12.3. The van der Waals surface area contributed by atoms with Crippen LogP contribution >= 0.6 is 0 Å². The molecule has 0 saturated carbocycles. The summed E-state index contributed by atoms with van der Waals surface area (Å²) in [5.74, 6) is 1.19. The zero-order valence-corrected chi connectivity index (χ0v) is 41.2. The van der Waals surface area contributed by atoms with Gasteiger partial charge in [-0.3, -0.25) is 0 Å². The van der Waals surface area contributed by atoms with Crippen LogP contribution in [0.4, 0.5) is 11.4 Å². The average Bonchev–Trinajstić information content (AvgIpc) is 3.55. The molecule has 0 bridgehead atoms. The summed E-state index contributed by atoms with van der Waals surface area (Å²) in [5.41, 5.74) is 19.6. The van der Waals surface area contributed by atoms with Crippen LogP contribution < -0.4 is 9.80 Å². The molecule has 67 heavy (non-hydrogen) atoms. The van der Waals surface area contributed by atoms with Gasteiger partial charge in [0.1, 0.15) is 0 Å². The highest BCUT2D eigenvalue weighted by Gasteiger charge is 2.45. The van der Waals surface area contributed by atoms with Gasteiger partial charge in [0, 0.05) is 45.5 Å². The van der Waals surface area contributed by atoms with Crippen LogP contribution in [0.25, 0.3) is 11.1 Å². The monoisotopic (exact) mass is 883 g/mol. The number of para-hydroxylation sites is 1. The maximum absolute atomic E-state index is 4.11. The summed E-state index contributed by atoms with van der Waals surface area (Å²) in [6.07, 6.45) is 50.0. The smallest absolute Gasteiger partial charge is 0.0625 e. The van der Waals surface area contributed by atoms with E-state index in [-0.39, 0.29) is 11.5 Å². The van der Waals surface area contributed by atoms with E-state index in [1.165, 1.54) is 69.0 Å². The van der Waals surface area contributed by atoms with Crippen molar-refractivity contribution in [2.45, 2.75) is 130 Å². The van der Waals surface area contributed by atoms with E-state index >= 15 is 0 Å². The quantitative estimate of drug-likeness (QED) is 0.0852. The molecule has 3 unspecified atom stereocenters. The van der Waals surface area contributed by atoms with Crippen molar-refractivity contribution in [1.29, 1.82) is 0 Å². The van der Waals surface area contributed by atoms with Gasteiger partial charge in [0.25, 0.3) is 0 Å². The molecule has 0 N–H and O–H groups in total. The van der Waals surface area contributed by atoms with Crippen LogP contribution in [0.3, 0.4) is 0 Å². The highest BCUT2D eigenvalue weighted by molar-refractivity contribution is 5.98. The standard InChI is InChI=1S/C65H74N2/c1-7-11-14-15-17-27-48-28-26-30-51(44-48)67-62-39-25-23-37-58(62)56-35-20-21-36-57(56)59-41-40-50(45-63(59)67)65(6)43-42-60-55-34-19-18-33-54(55)52(31-13-9-3)47(5)66(64(60)46-65)61-38-24-22-32-53(61)49(10-4)29-16-12-8-2/h9,11-14,16,18-20,22-26,28,30-35,37-39,42,44,46,49-50,58,62H,3,7-8,10,15,17,21,27,29,36,40-41,43,45H2,1-2,4-6H3/b14-11-,16-12-,31-13-/t49?,50-,58+,62?,65?/m1/s1. The van der Waals surface area contributed by atoms with Crippen molar-refractivity contribution in [1.82, 2.24) is 0 Å². The Balaban J connectivity index is 1.18. The fraction of sp³-hybridized carbons (Fsp3) is 0.354. The molecule has 2 heteroatoms. The summed E-state index contributed by atoms with van der Waals surface area (Å²) >= 11 is 0. The Morgan fingerprint density at radius 2 is 1.67 bits per heavy atom. The predicted octanol–water partition coefficient (Wildman–Crippen LogP) is 17.8. The molecular weight excluding hydrogens is 809 g/mol. The Bertz CT molecular complexity index is 2680. The number of hydrogen-bond donors (Lipinski definition) is 0. The van der Waals surface area contributed by atoms with E-state index in [0.29, 0.717) is 17.8 Å². The fourth-order valence-electron chi connectivity index (χ4n) is 12.3. The van der Waals surface area contributed by atoms with Crippen molar-refractivity contribution in [2.24, 2.45) is 17.3 Å². The second kappa shape index (κ2) is 21.0. The first kappa shape index (κ1) is 46.3. The van der Waals surface area contributed by atoms with Crippen LogP contribution in [-0.2, 0) is 6.42 Å². The molecule has 2 aliphatic heterocycles. The SMILES string of the molecule is C=C/C=C\C1=C(C)N(c2ccccc2C(CC)C/C=C\CC)C2=CC(C)([C@@H]3CCC4=C(C3)N(c3cccc(CCC/C=C\CC)c3)C3C=CC=C[C@H]3C3=C4CCC=C3)CC=C2c2ccccc21. The molecule has 2 nitrogen and oxygen atoms in total. The van der Waals surface area contributed by atoms with Crippen LogP contribution in [0.15, 0.2) is 204 Å². The van der Waals surface area contributed by atoms with Gasteiger partial charge in [-0.25, -0.2) is 0 Å². The van der Waals surface area contributed by atoms with Gasteiger partial charge in [-0.2, -0.15) is 0 Å². The number of allylic oxidation sites excluding steroid dienone is 19. The molecule has 0 saturated heterocycles. The zero-order valence-electron chi connectivity index (χ0n) is 41.2. The molecule has 3 aromatic carbocycles. The molecular formula is C65H74N2. The third-order valence-corrected chi connectivity index (χ3v) is 15.8. The second-order valence-electron chi connectivity index (χ2n) is 19.9. The molecule has 2 heterocycles. The highest BCUT2D eigenvalue weighted by atomic mass is 15.2. The lowest BCUT2D eigenvalue weighted by Gasteiger charge is -2.46. The maximum Gasteiger partial charge on any atom is 0.0625 e. The minimum atomic E-state index is -0.0769. The Hall–Kier alpha value is -5.86. The van der Waals surface area contributed by atoms with E-state index in [9.17, 15) is 0 Å². The Morgan fingerprint density at radius 3 is 2.51 bits per heavy atom. The van der Waals surface area contributed by atoms with Crippen molar-refractivity contribution in [3.8, 4) is 0 Å². The van der Waals surface area contributed by atoms with Crippen LogP contribution in [0, 0.1) is 17.3 Å². The topological polar surface area (TPSA) is 6.48 Å². The first-order valence-corrected chi connectivity index (χ1v) is 26.0. The van der Waals surface area contributed by atoms with Gasteiger partial charge >= 0.3 is 0 Å². The van der Waals surface area contributed by atoms with Crippen LogP contribution in [-0.4, -0.2) is 6.04 Å². The van der Waals surface area contributed by atoms with E-state index < -0.39 is 0 Å². The van der Waals surface area contributed by atoms with Crippen LogP contribution in [0.5, 0.6) is 0 Å². The lowest BCUT2D eigenvalue weighted by molar-refractivity contribution is 0.226. The lowest BCUT2D eigenvalue weighted by Crippen LogP contribution is -2.42. The van der Waals surface area contributed by atoms with Crippen molar-refractivity contribution >= 4 is 22.5 Å². The van der Waals surface area contributed by atoms with E-state index in [1.807, 2.05) is 6.08 Å².